The number of hydrogen-bond acceptors (Lipinski definition) is 4. The van der Waals surface area contributed by atoms with E-state index in [1.807, 2.05) is 6.20 Å². The Hall–Kier alpha value is -1.13. The number of nitrogens with zero attached hydrogens (tertiary/aromatic N) is 2. The van der Waals surface area contributed by atoms with Gasteiger partial charge in [0.05, 0.1) is 18.8 Å². The van der Waals surface area contributed by atoms with E-state index in [9.17, 15) is 0 Å². The lowest BCUT2D eigenvalue weighted by molar-refractivity contribution is 0.0638. The van der Waals surface area contributed by atoms with Crippen LogP contribution in [-0.2, 0) is 11.3 Å². The molecule has 0 unspecified atom stereocenters. The molecule has 1 aliphatic rings. The molecule has 2 rings (SSSR count). The number of aryl methyl sites for hydroxylation is 1. The maximum atomic E-state index is 5.59. The number of hydrogen-bond donors (Lipinski definition) is 1. The van der Waals surface area contributed by atoms with Crippen molar-refractivity contribution >= 4 is 5.82 Å². The van der Waals surface area contributed by atoms with E-state index in [-0.39, 0.29) is 5.54 Å². The Bertz CT molecular complexity index is 457. The third kappa shape index (κ3) is 3.49. The molecule has 1 saturated heterocycles. The van der Waals surface area contributed by atoms with Crippen LogP contribution in [0.2, 0.25) is 0 Å². The Labute approximate surface area is 122 Å². The predicted octanol–water partition coefficient (Wildman–Crippen LogP) is 2.50. The summed E-state index contributed by atoms with van der Waals surface area (Å²) in [6, 6.07) is 2.73. The van der Waals surface area contributed by atoms with Gasteiger partial charge in [-0.15, -0.1) is 0 Å². The molecule has 4 nitrogen and oxygen atoms in total. The number of anilines is 1. The molecule has 112 valence electrons. The maximum absolute atomic E-state index is 5.59. The first-order chi connectivity index (χ1) is 9.40. The van der Waals surface area contributed by atoms with Gasteiger partial charge in [-0.25, -0.2) is 4.98 Å². The third-order valence-corrected chi connectivity index (χ3v) is 3.72. The van der Waals surface area contributed by atoms with E-state index in [4.69, 9.17) is 9.72 Å². The summed E-state index contributed by atoms with van der Waals surface area (Å²) >= 11 is 0. The van der Waals surface area contributed by atoms with Crippen molar-refractivity contribution in [1.82, 2.24) is 10.3 Å². The molecule has 4 heteroatoms. The Balaban J connectivity index is 2.16. The van der Waals surface area contributed by atoms with E-state index in [2.05, 4.69) is 50.9 Å². The molecule has 1 aliphatic heterocycles. The van der Waals surface area contributed by atoms with Crippen LogP contribution >= 0.6 is 0 Å². The van der Waals surface area contributed by atoms with Crippen LogP contribution in [0, 0.1) is 6.92 Å². The van der Waals surface area contributed by atoms with Gasteiger partial charge >= 0.3 is 0 Å². The molecule has 0 radical (unpaired) electrons. The van der Waals surface area contributed by atoms with Crippen molar-refractivity contribution in [3.8, 4) is 0 Å². The van der Waals surface area contributed by atoms with Gasteiger partial charge in [-0.2, -0.15) is 0 Å². The minimum atomic E-state index is 0.00765. The van der Waals surface area contributed by atoms with Gasteiger partial charge < -0.3 is 15.0 Å². The summed E-state index contributed by atoms with van der Waals surface area (Å²) in [5.41, 5.74) is 2.49. The van der Waals surface area contributed by atoms with Crippen molar-refractivity contribution in [1.29, 1.82) is 0 Å². The van der Waals surface area contributed by atoms with Crippen LogP contribution < -0.4 is 10.2 Å². The SMILES string of the molecule is Cc1cc(CNC(C)C)cnc1N1CCOCC1(C)C. The first kappa shape index (κ1) is 15.3. The average Bonchev–Trinajstić information content (AvgIpc) is 2.37. The Morgan fingerprint density at radius 3 is 2.80 bits per heavy atom. The monoisotopic (exact) mass is 277 g/mol. The van der Waals surface area contributed by atoms with Gasteiger partial charge in [-0.05, 0) is 38.0 Å². The normalized spacial score (nSPS) is 18.6. The molecule has 0 saturated carbocycles. The molecule has 0 bridgehead atoms. The van der Waals surface area contributed by atoms with Crippen LogP contribution in [0.25, 0.3) is 0 Å². The quantitative estimate of drug-likeness (QED) is 0.917. The van der Waals surface area contributed by atoms with Crippen molar-refractivity contribution in [2.45, 2.75) is 52.7 Å². The fourth-order valence-corrected chi connectivity index (χ4v) is 2.58. The number of aromatic nitrogens is 1. The second kappa shape index (κ2) is 6.10. The second-order valence-corrected chi connectivity index (χ2v) is 6.54. The van der Waals surface area contributed by atoms with E-state index in [0.29, 0.717) is 6.04 Å². The number of pyridine rings is 1. The van der Waals surface area contributed by atoms with Crippen molar-refractivity contribution < 1.29 is 4.74 Å². The summed E-state index contributed by atoms with van der Waals surface area (Å²) in [5.74, 6) is 1.09. The fraction of sp³-hybridized carbons (Fsp3) is 0.688. The topological polar surface area (TPSA) is 37.4 Å². The Morgan fingerprint density at radius 1 is 1.45 bits per heavy atom. The Morgan fingerprint density at radius 2 is 2.20 bits per heavy atom. The van der Waals surface area contributed by atoms with Gasteiger partial charge in [0, 0.05) is 25.3 Å². The van der Waals surface area contributed by atoms with Crippen molar-refractivity contribution in [2.75, 3.05) is 24.7 Å². The lowest BCUT2D eigenvalue weighted by atomic mass is 10.0. The van der Waals surface area contributed by atoms with Gasteiger partial charge in [-0.1, -0.05) is 13.8 Å². The molecule has 1 aromatic heterocycles. The minimum Gasteiger partial charge on any atom is -0.377 e. The number of nitrogens with one attached hydrogen (secondary N) is 1. The summed E-state index contributed by atoms with van der Waals surface area (Å²) in [4.78, 5) is 7.07. The molecule has 20 heavy (non-hydrogen) atoms. The highest BCUT2D eigenvalue weighted by Crippen LogP contribution is 2.28. The highest BCUT2D eigenvalue weighted by atomic mass is 16.5. The fourth-order valence-electron chi connectivity index (χ4n) is 2.58. The highest BCUT2D eigenvalue weighted by molar-refractivity contribution is 5.50. The number of ether oxygens (including phenoxy) is 1. The van der Waals surface area contributed by atoms with E-state index in [1.165, 1.54) is 11.1 Å². The maximum Gasteiger partial charge on any atom is 0.132 e. The number of morpholine rings is 1. The van der Waals surface area contributed by atoms with Crippen LogP contribution in [0.5, 0.6) is 0 Å². The predicted molar refractivity (Wildman–Crippen MR) is 83.2 cm³/mol. The summed E-state index contributed by atoms with van der Waals surface area (Å²) in [7, 11) is 0. The van der Waals surface area contributed by atoms with Gasteiger partial charge in [-0.3, -0.25) is 0 Å². The zero-order valence-corrected chi connectivity index (χ0v) is 13.4. The van der Waals surface area contributed by atoms with Crippen molar-refractivity contribution in [3.63, 3.8) is 0 Å². The van der Waals surface area contributed by atoms with Crippen LogP contribution in [0.4, 0.5) is 5.82 Å². The van der Waals surface area contributed by atoms with Crippen LogP contribution in [0.1, 0.15) is 38.8 Å². The van der Waals surface area contributed by atoms with Crippen LogP contribution in [0.15, 0.2) is 12.3 Å². The molecule has 0 atom stereocenters. The van der Waals surface area contributed by atoms with E-state index < -0.39 is 0 Å². The summed E-state index contributed by atoms with van der Waals surface area (Å²) < 4.78 is 5.59. The Kier molecular flexibility index (Phi) is 4.66. The molecule has 0 spiro atoms. The van der Waals surface area contributed by atoms with Gasteiger partial charge in [0.1, 0.15) is 5.82 Å². The smallest absolute Gasteiger partial charge is 0.132 e. The molecule has 0 amide bonds. The standard InChI is InChI=1S/C16H27N3O/c1-12(2)17-9-14-8-13(3)15(18-10-14)19-6-7-20-11-16(19,4)5/h8,10,12,17H,6-7,9,11H2,1-5H3. The molecule has 1 N–H and O–H groups in total. The molecule has 1 fully saturated rings. The zero-order chi connectivity index (χ0) is 14.8. The lowest BCUT2D eigenvalue weighted by Gasteiger charge is -2.43. The van der Waals surface area contributed by atoms with E-state index in [0.717, 1.165) is 32.1 Å². The third-order valence-electron chi connectivity index (χ3n) is 3.72. The summed E-state index contributed by atoms with van der Waals surface area (Å²) in [5, 5.41) is 3.43. The van der Waals surface area contributed by atoms with E-state index >= 15 is 0 Å². The van der Waals surface area contributed by atoms with Gasteiger partial charge in [0.15, 0.2) is 0 Å². The molecule has 0 aromatic carbocycles. The summed E-state index contributed by atoms with van der Waals surface area (Å²) in [6.07, 6.45) is 1.99. The molecular weight excluding hydrogens is 250 g/mol. The van der Waals surface area contributed by atoms with E-state index in [1.54, 1.807) is 0 Å². The first-order valence-corrected chi connectivity index (χ1v) is 7.44. The lowest BCUT2D eigenvalue weighted by Crippen LogP contribution is -2.53. The van der Waals surface area contributed by atoms with Crippen LogP contribution in [0.3, 0.4) is 0 Å². The second-order valence-electron chi connectivity index (χ2n) is 6.54. The molecule has 0 aliphatic carbocycles. The average molecular weight is 277 g/mol. The molecule has 1 aromatic rings. The number of rotatable bonds is 4. The van der Waals surface area contributed by atoms with Crippen molar-refractivity contribution in [3.05, 3.63) is 23.4 Å². The molecule has 2 heterocycles. The zero-order valence-electron chi connectivity index (χ0n) is 13.4. The first-order valence-electron chi connectivity index (χ1n) is 7.44. The largest absolute Gasteiger partial charge is 0.377 e. The minimum absolute atomic E-state index is 0.00765. The van der Waals surface area contributed by atoms with Gasteiger partial charge in [0.25, 0.3) is 0 Å². The molecular formula is C16H27N3O. The summed E-state index contributed by atoms with van der Waals surface area (Å²) in [6.45, 7) is 14.2. The van der Waals surface area contributed by atoms with Crippen LogP contribution in [-0.4, -0.2) is 36.3 Å². The van der Waals surface area contributed by atoms with Crippen molar-refractivity contribution in [2.24, 2.45) is 0 Å². The highest BCUT2D eigenvalue weighted by Gasteiger charge is 2.32. The van der Waals surface area contributed by atoms with Gasteiger partial charge in [0.2, 0.25) is 0 Å².